The van der Waals surface area contributed by atoms with Gasteiger partial charge < -0.3 is 5.32 Å². The van der Waals surface area contributed by atoms with E-state index in [1.165, 1.54) is 4.31 Å². The summed E-state index contributed by atoms with van der Waals surface area (Å²) in [6.45, 7) is 8.82. The summed E-state index contributed by atoms with van der Waals surface area (Å²) in [6.07, 6.45) is 1.02. The third kappa shape index (κ3) is 4.79. The SMILES string of the molecule is Cc1ccc(S(=O)(=O)N2CCC(C(=O)NCc3c(C)nn(-c4ccccc4)c3C)CC2)c(C)c1. The average Bonchev–Trinajstić information content (AvgIpc) is 3.11. The van der Waals surface area contributed by atoms with Crippen LogP contribution in [0, 0.1) is 33.6 Å². The molecule has 0 bridgehead atoms. The molecule has 1 saturated heterocycles. The van der Waals surface area contributed by atoms with Crippen molar-refractivity contribution in [3.63, 3.8) is 0 Å². The molecule has 0 saturated carbocycles. The minimum Gasteiger partial charge on any atom is -0.352 e. The number of amides is 1. The fourth-order valence-electron chi connectivity index (χ4n) is 4.66. The second-order valence-corrected chi connectivity index (χ2v) is 11.0. The summed E-state index contributed by atoms with van der Waals surface area (Å²) >= 11 is 0. The minimum atomic E-state index is -3.56. The molecule has 1 fully saturated rings. The number of para-hydroxylation sites is 1. The number of aromatic nitrogens is 2. The van der Waals surface area contributed by atoms with Crippen LogP contribution in [-0.4, -0.2) is 41.5 Å². The molecule has 0 atom stereocenters. The molecule has 1 aromatic heterocycles. The van der Waals surface area contributed by atoms with Crippen molar-refractivity contribution in [2.45, 2.75) is 52.0 Å². The number of carbonyl (C=O) groups is 1. The second kappa shape index (κ2) is 9.72. The van der Waals surface area contributed by atoms with E-state index in [1.54, 1.807) is 6.07 Å². The van der Waals surface area contributed by atoms with E-state index in [4.69, 9.17) is 0 Å². The van der Waals surface area contributed by atoms with Gasteiger partial charge in [-0.15, -0.1) is 0 Å². The van der Waals surface area contributed by atoms with Crippen molar-refractivity contribution in [2.75, 3.05) is 13.1 Å². The van der Waals surface area contributed by atoms with E-state index in [-0.39, 0.29) is 11.8 Å². The van der Waals surface area contributed by atoms with E-state index in [1.807, 2.05) is 74.8 Å². The zero-order chi connectivity index (χ0) is 24.5. The maximum Gasteiger partial charge on any atom is 0.243 e. The van der Waals surface area contributed by atoms with Crippen molar-refractivity contribution < 1.29 is 13.2 Å². The highest BCUT2D eigenvalue weighted by Crippen LogP contribution is 2.26. The molecular weight excluding hydrogens is 448 g/mol. The maximum absolute atomic E-state index is 13.1. The normalized spacial score (nSPS) is 15.4. The van der Waals surface area contributed by atoms with Crippen LogP contribution in [0.2, 0.25) is 0 Å². The van der Waals surface area contributed by atoms with Gasteiger partial charge in [-0.3, -0.25) is 4.79 Å². The van der Waals surface area contributed by atoms with Crippen LogP contribution in [0.25, 0.3) is 5.69 Å². The number of hydrogen-bond acceptors (Lipinski definition) is 4. The Hall–Kier alpha value is -2.97. The van der Waals surface area contributed by atoms with Gasteiger partial charge in [-0.2, -0.15) is 9.40 Å². The van der Waals surface area contributed by atoms with Gasteiger partial charge in [-0.25, -0.2) is 13.1 Å². The van der Waals surface area contributed by atoms with Crippen molar-refractivity contribution in [1.82, 2.24) is 19.4 Å². The molecule has 1 aliphatic heterocycles. The van der Waals surface area contributed by atoms with E-state index in [0.717, 1.165) is 33.8 Å². The Morgan fingerprint density at radius 1 is 1.03 bits per heavy atom. The number of aryl methyl sites for hydroxylation is 3. The summed E-state index contributed by atoms with van der Waals surface area (Å²) in [7, 11) is -3.56. The summed E-state index contributed by atoms with van der Waals surface area (Å²) in [4.78, 5) is 13.2. The summed E-state index contributed by atoms with van der Waals surface area (Å²) in [5.41, 5.74) is 5.66. The van der Waals surface area contributed by atoms with E-state index in [2.05, 4.69) is 10.4 Å². The summed E-state index contributed by atoms with van der Waals surface area (Å²) in [5, 5.41) is 7.70. The predicted octanol–water partition coefficient (Wildman–Crippen LogP) is 3.82. The molecule has 7 nitrogen and oxygen atoms in total. The van der Waals surface area contributed by atoms with E-state index >= 15 is 0 Å². The first kappa shape index (κ1) is 24.2. The maximum atomic E-state index is 13.1. The first-order valence-corrected chi connectivity index (χ1v) is 13.1. The quantitative estimate of drug-likeness (QED) is 0.581. The van der Waals surface area contributed by atoms with Crippen LogP contribution in [0.15, 0.2) is 53.4 Å². The summed E-state index contributed by atoms with van der Waals surface area (Å²) in [5.74, 6) is -0.231. The molecule has 0 radical (unpaired) electrons. The number of hydrogen-bond donors (Lipinski definition) is 1. The Labute approximate surface area is 201 Å². The van der Waals surface area contributed by atoms with Gasteiger partial charge >= 0.3 is 0 Å². The van der Waals surface area contributed by atoms with Gasteiger partial charge in [0.2, 0.25) is 15.9 Å². The van der Waals surface area contributed by atoms with Crippen molar-refractivity contribution in [3.8, 4) is 5.69 Å². The summed E-state index contributed by atoms with van der Waals surface area (Å²) in [6, 6.07) is 15.3. The predicted molar refractivity (Wildman–Crippen MR) is 132 cm³/mol. The lowest BCUT2D eigenvalue weighted by atomic mass is 9.97. The lowest BCUT2D eigenvalue weighted by molar-refractivity contribution is -0.126. The Morgan fingerprint density at radius 2 is 1.71 bits per heavy atom. The number of piperidine rings is 1. The molecule has 1 amide bonds. The third-order valence-corrected chi connectivity index (χ3v) is 8.71. The van der Waals surface area contributed by atoms with Crippen molar-refractivity contribution >= 4 is 15.9 Å². The van der Waals surface area contributed by atoms with Crippen LogP contribution in [0.5, 0.6) is 0 Å². The van der Waals surface area contributed by atoms with Crippen molar-refractivity contribution in [3.05, 3.63) is 76.6 Å². The topological polar surface area (TPSA) is 84.3 Å². The first-order chi connectivity index (χ1) is 16.2. The highest BCUT2D eigenvalue weighted by molar-refractivity contribution is 7.89. The Morgan fingerprint density at radius 3 is 2.35 bits per heavy atom. The molecule has 1 aliphatic rings. The molecule has 8 heteroatoms. The van der Waals surface area contributed by atoms with Crippen LogP contribution in [0.3, 0.4) is 0 Å². The Balaban J connectivity index is 1.37. The molecule has 2 aromatic carbocycles. The average molecular weight is 481 g/mol. The first-order valence-electron chi connectivity index (χ1n) is 11.6. The molecule has 2 heterocycles. The van der Waals surface area contributed by atoms with Gasteiger partial charge in [0.15, 0.2) is 0 Å². The lowest BCUT2D eigenvalue weighted by Crippen LogP contribution is -2.43. The molecular formula is C26H32N4O3S. The van der Waals surface area contributed by atoms with E-state index in [0.29, 0.717) is 37.4 Å². The zero-order valence-corrected chi connectivity index (χ0v) is 21.0. The highest BCUT2D eigenvalue weighted by atomic mass is 32.2. The fraction of sp³-hybridized carbons (Fsp3) is 0.385. The monoisotopic (exact) mass is 480 g/mol. The number of benzene rings is 2. The van der Waals surface area contributed by atoms with Gasteiger partial charge in [0, 0.05) is 36.8 Å². The second-order valence-electron chi connectivity index (χ2n) is 9.06. The largest absolute Gasteiger partial charge is 0.352 e. The third-order valence-electron chi connectivity index (χ3n) is 6.65. The molecule has 3 aromatic rings. The molecule has 180 valence electrons. The number of rotatable bonds is 6. The van der Waals surface area contributed by atoms with Gasteiger partial charge in [0.05, 0.1) is 16.3 Å². The van der Waals surface area contributed by atoms with Gasteiger partial charge in [-0.05, 0) is 64.3 Å². The smallest absolute Gasteiger partial charge is 0.243 e. The Kier molecular flexibility index (Phi) is 6.91. The number of carbonyl (C=O) groups excluding carboxylic acids is 1. The number of nitrogens with one attached hydrogen (secondary N) is 1. The van der Waals surface area contributed by atoms with Crippen molar-refractivity contribution in [2.24, 2.45) is 5.92 Å². The van der Waals surface area contributed by atoms with Crippen LogP contribution < -0.4 is 5.32 Å². The molecule has 1 N–H and O–H groups in total. The van der Waals surface area contributed by atoms with E-state index < -0.39 is 10.0 Å². The number of nitrogens with zero attached hydrogens (tertiary/aromatic N) is 3. The molecule has 34 heavy (non-hydrogen) atoms. The zero-order valence-electron chi connectivity index (χ0n) is 20.2. The van der Waals surface area contributed by atoms with E-state index in [9.17, 15) is 13.2 Å². The molecule has 4 rings (SSSR count). The van der Waals surface area contributed by atoms with Gasteiger partial charge in [0.25, 0.3) is 0 Å². The van der Waals surface area contributed by atoms with Crippen LogP contribution >= 0.6 is 0 Å². The minimum absolute atomic E-state index is 0.0326. The number of sulfonamides is 1. The van der Waals surface area contributed by atoms with Gasteiger partial charge in [-0.1, -0.05) is 35.9 Å². The lowest BCUT2D eigenvalue weighted by Gasteiger charge is -2.31. The van der Waals surface area contributed by atoms with Gasteiger partial charge in [0.1, 0.15) is 0 Å². The highest BCUT2D eigenvalue weighted by Gasteiger charge is 2.33. The van der Waals surface area contributed by atoms with Crippen LogP contribution in [-0.2, 0) is 21.4 Å². The van der Waals surface area contributed by atoms with Crippen molar-refractivity contribution in [1.29, 1.82) is 0 Å². The summed E-state index contributed by atoms with van der Waals surface area (Å²) < 4.78 is 29.6. The molecule has 0 unspecified atom stereocenters. The fourth-order valence-corrected chi connectivity index (χ4v) is 6.33. The van der Waals surface area contributed by atoms with Crippen LogP contribution in [0.1, 0.15) is 40.9 Å². The standard InChI is InChI=1S/C26H32N4O3S/c1-18-10-11-25(19(2)16-18)34(32,33)29-14-12-22(13-15-29)26(31)27-17-24-20(3)28-30(21(24)4)23-8-6-5-7-9-23/h5-11,16,22H,12-15,17H2,1-4H3,(H,27,31). The van der Waals surface area contributed by atoms with Crippen LogP contribution in [0.4, 0.5) is 0 Å². The molecule has 0 aliphatic carbocycles. The molecule has 0 spiro atoms. The Bertz CT molecular complexity index is 1290.